The maximum atomic E-state index is 5.92. The Hall–Kier alpha value is -0.0500. The van der Waals surface area contributed by atoms with Crippen LogP contribution in [0, 0.1) is 0 Å². The van der Waals surface area contributed by atoms with Gasteiger partial charge in [0.15, 0.2) is 0 Å². The van der Waals surface area contributed by atoms with Crippen molar-refractivity contribution in [3.63, 3.8) is 0 Å². The minimum absolute atomic E-state index is 0.249. The number of benzene rings is 1. The second-order valence-corrected chi connectivity index (χ2v) is 8.22. The van der Waals surface area contributed by atoms with Gasteiger partial charge in [0.1, 0.15) is 0 Å². The summed E-state index contributed by atoms with van der Waals surface area (Å²) in [4.78, 5) is 1.26. The van der Waals surface area contributed by atoms with Crippen LogP contribution >= 0.6 is 35.7 Å². The zero-order valence-electron chi connectivity index (χ0n) is 9.80. The maximum absolute atomic E-state index is 5.92. The Morgan fingerprint density at radius 3 is 2.83 bits per heavy atom. The molecule has 1 fully saturated rings. The molecule has 1 aromatic rings. The molecule has 7 heteroatoms. The summed E-state index contributed by atoms with van der Waals surface area (Å²) in [6.45, 7) is 3.50. The summed E-state index contributed by atoms with van der Waals surface area (Å²) in [5.74, 6) is 0. The molecular weight excluding hydrogens is 286 g/mol. The SMILES string of the molecule is NSC1(SN2CCOCC2)Nc2ccccc2S1. The monoisotopic (exact) mass is 301 g/mol. The van der Waals surface area contributed by atoms with Gasteiger partial charge in [0.05, 0.1) is 18.9 Å². The van der Waals surface area contributed by atoms with Crippen LogP contribution in [-0.2, 0) is 4.74 Å². The lowest BCUT2D eigenvalue weighted by Crippen LogP contribution is -2.37. The number of ether oxygens (including phenoxy) is 1. The molecule has 0 radical (unpaired) electrons. The molecule has 98 valence electrons. The van der Waals surface area contributed by atoms with Crippen LogP contribution in [0.4, 0.5) is 5.69 Å². The minimum atomic E-state index is -0.249. The third-order valence-electron chi connectivity index (χ3n) is 2.79. The van der Waals surface area contributed by atoms with Crippen molar-refractivity contribution in [2.45, 2.75) is 8.43 Å². The average Bonchev–Trinajstić information content (AvgIpc) is 2.78. The summed E-state index contributed by atoms with van der Waals surface area (Å²) in [6.07, 6.45) is 0. The van der Waals surface area contributed by atoms with E-state index >= 15 is 0 Å². The van der Waals surface area contributed by atoms with Crippen molar-refractivity contribution in [3.8, 4) is 0 Å². The van der Waals surface area contributed by atoms with Gasteiger partial charge >= 0.3 is 0 Å². The zero-order valence-corrected chi connectivity index (χ0v) is 12.2. The first kappa shape index (κ1) is 13.0. The van der Waals surface area contributed by atoms with Crippen molar-refractivity contribution in [1.82, 2.24) is 4.31 Å². The molecule has 0 bridgehead atoms. The number of rotatable bonds is 3. The Morgan fingerprint density at radius 2 is 2.11 bits per heavy atom. The lowest BCUT2D eigenvalue weighted by Gasteiger charge is -2.33. The van der Waals surface area contributed by atoms with E-state index in [1.165, 1.54) is 22.5 Å². The van der Waals surface area contributed by atoms with Gasteiger partial charge in [-0.15, -0.1) is 0 Å². The first-order valence-electron chi connectivity index (χ1n) is 5.77. The van der Waals surface area contributed by atoms with Crippen LogP contribution in [0.2, 0.25) is 0 Å². The van der Waals surface area contributed by atoms with E-state index in [9.17, 15) is 0 Å². The Labute approximate surface area is 120 Å². The van der Waals surface area contributed by atoms with E-state index in [1.54, 1.807) is 23.7 Å². The number of thioether (sulfide) groups is 1. The van der Waals surface area contributed by atoms with E-state index in [0.717, 1.165) is 26.3 Å². The number of anilines is 1. The Bertz CT molecular complexity index is 401. The number of para-hydroxylation sites is 1. The number of fused-ring (bicyclic) bond motifs is 1. The normalized spacial score (nSPS) is 27.8. The fourth-order valence-electron chi connectivity index (χ4n) is 1.92. The summed E-state index contributed by atoms with van der Waals surface area (Å²) >= 11 is 4.92. The van der Waals surface area contributed by atoms with Gasteiger partial charge < -0.3 is 10.1 Å². The molecule has 1 saturated heterocycles. The quantitative estimate of drug-likeness (QED) is 0.657. The highest BCUT2D eigenvalue weighted by Crippen LogP contribution is 2.56. The molecule has 0 saturated carbocycles. The predicted octanol–water partition coefficient (Wildman–Crippen LogP) is 2.40. The van der Waals surface area contributed by atoms with Crippen LogP contribution in [0.1, 0.15) is 0 Å². The molecule has 0 aromatic heterocycles. The Balaban J connectivity index is 1.73. The smallest absolute Gasteiger partial charge is 0.211 e. The fraction of sp³-hybridized carbons (Fsp3) is 0.455. The first-order chi connectivity index (χ1) is 8.81. The molecule has 1 atom stereocenters. The van der Waals surface area contributed by atoms with Gasteiger partial charge in [0.2, 0.25) is 3.54 Å². The van der Waals surface area contributed by atoms with E-state index in [0.29, 0.717) is 0 Å². The molecule has 18 heavy (non-hydrogen) atoms. The molecule has 2 aliphatic rings. The van der Waals surface area contributed by atoms with Crippen LogP contribution in [0.5, 0.6) is 0 Å². The van der Waals surface area contributed by atoms with Gasteiger partial charge in [-0.25, -0.2) is 4.31 Å². The van der Waals surface area contributed by atoms with Gasteiger partial charge in [-0.3, -0.25) is 5.14 Å². The van der Waals surface area contributed by atoms with Crippen molar-refractivity contribution in [3.05, 3.63) is 24.3 Å². The van der Waals surface area contributed by atoms with Crippen molar-refractivity contribution in [1.29, 1.82) is 0 Å². The molecule has 0 amide bonds. The molecular formula is C11H15N3OS3. The van der Waals surface area contributed by atoms with E-state index in [1.807, 2.05) is 6.07 Å². The summed E-state index contributed by atoms with van der Waals surface area (Å²) in [5, 5.41) is 9.45. The second kappa shape index (κ2) is 5.52. The average molecular weight is 301 g/mol. The number of morpholine rings is 1. The largest absolute Gasteiger partial charge is 0.379 e. The molecule has 0 spiro atoms. The molecule has 4 nitrogen and oxygen atoms in total. The topological polar surface area (TPSA) is 50.5 Å². The van der Waals surface area contributed by atoms with Crippen LogP contribution in [0.25, 0.3) is 0 Å². The minimum Gasteiger partial charge on any atom is -0.379 e. The van der Waals surface area contributed by atoms with E-state index in [2.05, 4.69) is 27.8 Å². The lowest BCUT2D eigenvalue weighted by molar-refractivity contribution is 0.0772. The van der Waals surface area contributed by atoms with Crippen LogP contribution < -0.4 is 10.5 Å². The first-order valence-corrected chi connectivity index (χ1v) is 8.24. The van der Waals surface area contributed by atoms with Gasteiger partial charge in [0.25, 0.3) is 0 Å². The molecule has 1 aromatic carbocycles. The van der Waals surface area contributed by atoms with Gasteiger partial charge in [0, 0.05) is 18.0 Å². The van der Waals surface area contributed by atoms with Crippen molar-refractivity contribution in [2.75, 3.05) is 31.6 Å². The van der Waals surface area contributed by atoms with Gasteiger partial charge in [-0.2, -0.15) is 0 Å². The molecule has 2 aliphatic heterocycles. The van der Waals surface area contributed by atoms with Gasteiger partial charge in [-0.1, -0.05) is 23.9 Å². The number of nitrogens with one attached hydrogen (secondary N) is 1. The fourth-order valence-corrected chi connectivity index (χ4v) is 5.43. The number of hydrogen-bond acceptors (Lipinski definition) is 7. The molecule has 3 rings (SSSR count). The lowest BCUT2D eigenvalue weighted by atomic mass is 10.3. The van der Waals surface area contributed by atoms with E-state index in [-0.39, 0.29) is 3.54 Å². The van der Waals surface area contributed by atoms with Crippen molar-refractivity contribution in [2.24, 2.45) is 5.14 Å². The highest BCUT2D eigenvalue weighted by atomic mass is 32.3. The van der Waals surface area contributed by atoms with Crippen molar-refractivity contribution >= 4 is 41.3 Å². The van der Waals surface area contributed by atoms with E-state index < -0.39 is 0 Å². The zero-order chi connectivity index (χ0) is 12.4. The van der Waals surface area contributed by atoms with Gasteiger partial charge in [-0.05, 0) is 36.0 Å². The van der Waals surface area contributed by atoms with Crippen molar-refractivity contribution < 1.29 is 4.74 Å². The summed E-state index contributed by atoms with van der Waals surface area (Å²) in [6, 6.07) is 8.33. The number of hydrogen-bond donors (Lipinski definition) is 2. The highest BCUT2D eigenvalue weighted by molar-refractivity contribution is 8.33. The summed E-state index contributed by atoms with van der Waals surface area (Å²) in [7, 11) is 0. The number of nitrogens with zero attached hydrogens (tertiary/aromatic N) is 1. The molecule has 3 N–H and O–H groups in total. The van der Waals surface area contributed by atoms with Crippen LogP contribution in [0.3, 0.4) is 0 Å². The summed E-state index contributed by atoms with van der Waals surface area (Å²) in [5.41, 5.74) is 1.17. The second-order valence-electron chi connectivity index (χ2n) is 4.03. The van der Waals surface area contributed by atoms with E-state index in [4.69, 9.17) is 9.88 Å². The third kappa shape index (κ3) is 2.61. The molecule has 0 aliphatic carbocycles. The third-order valence-corrected chi connectivity index (χ3v) is 6.64. The van der Waals surface area contributed by atoms with Crippen LogP contribution in [-0.4, -0.2) is 34.1 Å². The summed E-state index contributed by atoms with van der Waals surface area (Å²) < 4.78 is 7.45. The Kier molecular flexibility index (Phi) is 3.97. The molecule has 2 heterocycles. The standard InChI is InChI=1S/C11H15N3OS3/c12-17-11(18-14-5-7-15-8-6-14)13-9-3-1-2-4-10(9)16-11/h1-4,13H,5-8,12H2. The molecule has 1 unspecified atom stereocenters. The highest BCUT2D eigenvalue weighted by Gasteiger charge is 2.41. The number of nitrogens with two attached hydrogens (primary N) is 1. The predicted molar refractivity (Wildman–Crippen MR) is 80.4 cm³/mol. The maximum Gasteiger partial charge on any atom is 0.211 e. The van der Waals surface area contributed by atoms with Crippen LogP contribution in [0.15, 0.2) is 29.2 Å². The Morgan fingerprint density at radius 1 is 1.33 bits per heavy atom.